The van der Waals surface area contributed by atoms with Gasteiger partial charge in [0.05, 0.1) is 11.4 Å². The number of hydrogen-bond donors (Lipinski definition) is 1. The molecule has 1 aliphatic carbocycles. The van der Waals surface area contributed by atoms with Gasteiger partial charge in [0, 0.05) is 24.4 Å². The minimum atomic E-state index is 0.397. The van der Waals surface area contributed by atoms with Crippen LogP contribution < -0.4 is 5.32 Å². The van der Waals surface area contributed by atoms with E-state index in [9.17, 15) is 0 Å². The van der Waals surface area contributed by atoms with Gasteiger partial charge < -0.3 is 9.88 Å². The van der Waals surface area contributed by atoms with E-state index in [0.717, 1.165) is 19.4 Å². The van der Waals surface area contributed by atoms with Crippen LogP contribution in [0.2, 0.25) is 0 Å². The molecule has 2 unspecified atom stereocenters. The molecule has 0 radical (unpaired) electrons. The Morgan fingerprint density at radius 1 is 0.970 bits per heavy atom. The Hall–Kier alpha value is -3.00. The Morgan fingerprint density at radius 2 is 1.76 bits per heavy atom. The quantitative estimate of drug-likeness (QED) is 0.337. The van der Waals surface area contributed by atoms with Gasteiger partial charge in [-0.2, -0.15) is 0 Å². The van der Waals surface area contributed by atoms with Crippen LogP contribution in [0, 0.1) is 5.92 Å². The molecule has 1 aliphatic rings. The van der Waals surface area contributed by atoms with E-state index in [1.807, 2.05) is 0 Å². The maximum atomic E-state index is 3.69. The molecular formula is C31H38N2. The van der Waals surface area contributed by atoms with Crippen LogP contribution >= 0.6 is 0 Å². The van der Waals surface area contributed by atoms with Crippen LogP contribution in [0.4, 0.5) is 5.69 Å². The first-order chi connectivity index (χ1) is 16.2. The number of aromatic nitrogens is 1. The van der Waals surface area contributed by atoms with E-state index in [1.54, 1.807) is 0 Å². The number of benzene rings is 2. The summed E-state index contributed by atoms with van der Waals surface area (Å²) in [5.74, 6) is 1.51. The number of allylic oxidation sites excluding steroid dienone is 4. The van der Waals surface area contributed by atoms with Crippen LogP contribution in [0.3, 0.4) is 0 Å². The number of anilines is 1. The predicted molar refractivity (Wildman–Crippen MR) is 143 cm³/mol. The molecule has 0 saturated heterocycles. The second-order valence-electron chi connectivity index (χ2n) is 9.65. The summed E-state index contributed by atoms with van der Waals surface area (Å²) >= 11 is 0. The highest BCUT2D eigenvalue weighted by Crippen LogP contribution is 2.38. The summed E-state index contributed by atoms with van der Waals surface area (Å²) in [6.07, 6.45) is 15.9. The summed E-state index contributed by atoms with van der Waals surface area (Å²) in [5.41, 5.74) is 6.83. The Balaban J connectivity index is 1.78. The van der Waals surface area contributed by atoms with Gasteiger partial charge in [0.1, 0.15) is 0 Å². The van der Waals surface area contributed by atoms with Crippen molar-refractivity contribution in [3.05, 3.63) is 108 Å². The predicted octanol–water partition coefficient (Wildman–Crippen LogP) is 8.27. The van der Waals surface area contributed by atoms with Crippen molar-refractivity contribution in [2.24, 2.45) is 5.92 Å². The highest BCUT2D eigenvalue weighted by Gasteiger charge is 2.25. The lowest BCUT2D eigenvalue weighted by atomic mass is 9.84. The van der Waals surface area contributed by atoms with Gasteiger partial charge >= 0.3 is 0 Å². The minimum Gasteiger partial charge on any atom is -0.383 e. The average molecular weight is 439 g/mol. The molecule has 0 fully saturated rings. The average Bonchev–Trinajstić information content (AvgIpc) is 3.29. The first kappa shape index (κ1) is 23.2. The van der Waals surface area contributed by atoms with Crippen molar-refractivity contribution in [1.82, 2.24) is 4.57 Å². The third-order valence-corrected chi connectivity index (χ3v) is 6.56. The van der Waals surface area contributed by atoms with E-state index in [4.69, 9.17) is 0 Å². The van der Waals surface area contributed by atoms with Crippen molar-refractivity contribution in [1.29, 1.82) is 0 Å². The lowest BCUT2D eigenvalue weighted by Crippen LogP contribution is -2.14. The number of hydrogen-bond acceptors (Lipinski definition) is 1. The summed E-state index contributed by atoms with van der Waals surface area (Å²) in [6.45, 7) is 7.79. The van der Waals surface area contributed by atoms with E-state index in [1.165, 1.54) is 41.0 Å². The Labute approximate surface area is 200 Å². The minimum absolute atomic E-state index is 0.397. The fourth-order valence-corrected chi connectivity index (χ4v) is 4.95. The van der Waals surface area contributed by atoms with Crippen LogP contribution in [0.15, 0.2) is 91.2 Å². The molecule has 0 bridgehead atoms. The molecule has 33 heavy (non-hydrogen) atoms. The normalized spacial score (nSPS) is 16.3. The lowest BCUT2D eigenvalue weighted by Gasteiger charge is -2.25. The molecule has 2 aromatic carbocycles. The molecule has 0 spiro atoms. The smallest absolute Gasteiger partial charge is 0.0685 e. The number of para-hydroxylation sites is 2. The first-order valence-electron chi connectivity index (χ1n) is 12.6. The van der Waals surface area contributed by atoms with Gasteiger partial charge in [-0.05, 0) is 60.4 Å². The van der Waals surface area contributed by atoms with Crippen molar-refractivity contribution in [3.63, 3.8) is 0 Å². The Kier molecular flexibility index (Phi) is 7.88. The second-order valence-corrected chi connectivity index (χ2v) is 9.65. The fourth-order valence-electron chi connectivity index (χ4n) is 4.95. The summed E-state index contributed by atoms with van der Waals surface area (Å²) < 4.78 is 2.46. The molecule has 2 nitrogen and oxygen atoms in total. The van der Waals surface area contributed by atoms with E-state index in [2.05, 4.69) is 122 Å². The molecule has 2 atom stereocenters. The standard InChI is InChI=1S/C31H38N2/c1-4-13-27(22-25-14-7-5-8-15-25)28-20-21-33(31(28)26-16-9-6-10-17-26)30-19-12-11-18-29(30)32-23-24(2)3/h5-12,14-16,18-21,24,26-27,32H,4,13,17,22-23H2,1-3H3. The van der Waals surface area contributed by atoms with E-state index < -0.39 is 0 Å². The lowest BCUT2D eigenvalue weighted by molar-refractivity contribution is 0.597. The van der Waals surface area contributed by atoms with E-state index in [0.29, 0.717) is 17.8 Å². The van der Waals surface area contributed by atoms with E-state index >= 15 is 0 Å². The molecule has 172 valence electrons. The fraction of sp³-hybridized carbons (Fsp3) is 0.355. The summed E-state index contributed by atoms with van der Waals surface area (Å²) in [6, 6.07) is 22.1. The van der Waals surface area contributed by atoms with Crippen molar-refractivity contribution >= 4 is 5.69 Å². The molecule has 3 aromatic rings. The van der Waals surface area contributed by atoms with Gasteiger partial charge in [-0.1, -0.05) is 94.0 Å². The van der Waals surface area contributed by atoms with E-state index in [-0.39, 0.29) is 0 Å². The number of nitrogens with one attached hydrogen (secondary N) is 1. The van der Waals surface area contributed by atoms with Gasteiger partial charge in [-0.15, -0.1) is 0 Å². The van der Waals surface area contributed by atoms with Gasteiger partial charge in [0.25, 0.3) is 0 Å². The first-order valence-corrected chi connectivity index (χ1v) is 12.6. The Morgan fingerprint density at radius 3 is 2.48 bits per heavy atom. The SMILES string of the molecule is CCCC(Cc1ccccc1)c1ccn(-c2ccccc2NCC(C)C)c1C1C=CC=CC1. The van der Waals surface area contributed by atoms with Gasteiger partial charge in [0.2, 0.25) is 0 Å². The summed E-state index contributed by atoms with van der Waals surface area (Å²) in [5, 5.41) is 3.69. The molecular weight excluding hydrogens is 400 g/mol. The molecule has 0 aliphatic heterocycles. The number of nitrogens with zero attached hydrogens (tertiary/aromatic N) is 1. The molecule has 1 aromatic heterocycles. The van der Waals surface area contributed by atoms with Crippen LogP contribution in [0.5, 0.6) is 0 Å². The van der Waals surface area contributed by atoms with Crippen molar-refractivity contribution in [2.75, 3.05) is 11.9 Å². The zero-order valence-electron chi connectivity index (χ0n) is 20.4. The molecule has 4 rings (SSSR count). The zero-order valence-corrected chi connectivity index (χ0v) is 20.4. The molecule has 0 saturated carbocycles. The molecule has 1 N–H and O–H groups in total. The van der Waals surface area contributed by atoms with Crippen molar-refractivity contribution < 1.29 is 0 Å². The molecule has 2 heteroatoms. The van der Waals surface area contributed by atoms with Crippen LogP contribution in [-0.2, 0) is 6.42 Å². The summed E-state index contributed by atoms with van der Waals surface area (Å²) in [4.78, 5) is 0. The highest BCUT2D eigenvalue weighted by molar-refractivity contribution is 5.62. The van der Waals surface area contributed by atoms with Crippen LogP contribution in [0.25, 0.3) is 5.69 Å². The Bertz CT molecular complexity index is 1070. The topological polar surface area (TPSA) is 17.0 Å². The number of rotatable bonds is 10. The largest absolute Gasteiger partial charge is 0.383 e. The van der Waals surface area contributed by atoms with Gasteiger partial charge in [0.15, 0.2) is 0 Å². The molecule has 1 heterocycles. The van der Waals surface area contributed by atoms with Crippen LogP contribution in [-0.4, -0.2) is 11.1 Å². The van der Waals surface area contributed by atoms with Gasteiger partial charge in [-0.3, -0.25) is 0 Å². The third-order valence-electron chi connectivity index (χ3n) is 6.56. The molecule has 0 amide bonds. The van der Waals surface area contributed by atoms with Crippen molar-refractivity contribution in [2.45, 2.75) is 58.3 Å². The third kappa shape index (κ3) is 5.68. The maximum absolute atomic E-state index is 3.69. The zero-order chi connectivity index (χ0) is 23.0. The van der Waals surface area contributed by atoms with Crippen LogP contribution in [0.1, 0.15) is 68.7 Å². The summed E-state index contributed by atoms with van der Waals surface area (Å²) in [7, 11) is 0. The van der Waals surface area contributed by atoms with Crippen molar-refractivity contribution in [3.8, 4) is 5.69 Å². The van der Waals surface area contributed by atoms with Gasteiger partial charge in [-0.25, -0.2) is 0 Å². The monoisotopic (exact) mass is 438 g/mol. The highest BCUT2D eigenvalue weighted by atomic mass is 15.0. The second kappa shape index (κ2) is 11.2. The maximum Gasteiger partial charge on any atom is 0.0685 e.